The summed E-state index contributed by atoms with van der Waals surface area (Å²) in [7, 11) is 8.34. The van der Waals surface area contributed by atoms with Crippen molar-refractivity contribution in [1.29, 1.82) is 0 Å². The van der Waals surface area contributed by atoms with Gasteiger partial charge in [-0.25, -0.2) is 0 Å². The minimum Gasteiger partial charge on any atom is -1.00 e. The molecule has 2 aromatic carbocycles. The molecule has 4 rings (SSSR count). The SMILES string of the molecule is Cn1c(=O)c2sc3ccccc3c2c2cc([N+](C)(C)C)ccc21.[I-]. The van der Waals surface area contributed by atoms with E-state index in [1.54, 1.807) is 15.9 Å². The van der Waals surface area contributed by atoms with Crippen LogP contribution in [0.25, 0.3) is 31.1 Å². The Hall–Kier alpha value is -1.44. The summed E-state index contributed by atoms with van der Waals surface area (Å²) >= 11 is 1.59. The number of thiophene rings is 1. The minimum atomic E-state index is 0. The van der Waals surface area contributed by atoms with Gasteiger partial charge in [-0.2, -0.15) is 0 Å². The van der Waals surface area contributed by atoms with Gasteiger partial charge in [0.15, 0.2) is 0 Å². The second-order valence-electron chi connectivity index (χ2n) is 6.88. The lowest BCUT2D eigenvalue weighted by molar-refractivity contribution is -0.00000472. The summed E-state index contributed by atoms with van der Waals surface area (Å²) < 4.78 is 4.54. The van der Waals surface area contributed by atoms with E-state index >= 15 is 0 Å². The van der Waals surface area contributed by atoms with E-state index in [4.69, 9.17) is 0 Å². The summed E-state index contributed by atoms with van der Waals surface area (Å²) in [5.41, 5.74) is 2.31. The number of aryl methyl sites for hydroxylation is 1. The Bertz CT molecular complexity index is 1140. The Kier molecular flexibility index (Phi) is 4.22. The van der Waals surface area contributed by atoms with Crippen LogP contribution in [0.15, 0.2) is 47.3 Å². The number of halogens is 1. The molecule has 0 saturated carbocycles. The molecule has 0 bridgehead atoms. The van der Waals surface area contributed by atoms with Gasteiger partial charge in [-0.05, 0) is 12.1 Å². The first-order valence-corrected chi connectivity index (χ1v) is 8.45. The van der Waals surface area contributed by atoms with Gasteiger partial charge >= 0.3 is 0 Å². The highest BCUT2D eigenvalue weighted by Gasteiger charge is 2.18. The van der Waals surface area contributed by atoms with Crippen molar-refractivity contribution in [2.75, 3.05) is 21.1 Å². The summed E-state index contributed by atoms with van der Waals surface area (Å²) in [5, 5.41) is 3.43. The second-order valence-corrected chi connectivity index (χ2v) is 7.93. The van der Waals surface area contributed by atoms with Crippen molar-refractivity contribution in [3.8, 4) is 0 Å². The molecule has 2 aromatic heterocycles. The Morgan fingerprint density at radius 1 is 1.00 bits per heavy atom. The molecule has 4 aromatic rings. The molecular weight excluding hydrogens is 431 g/mol. The lowest BCUT2D eigenvalue weighted by Crippen LogP contribution is -3.00. The Morgan fingerprint density at radius 2 is 1.71 bits per heavy atom. The average molecular weight is 450 g/mol. The van der Waals surface area contributed by atoms with Crippen LogP contribution in [-0.4, -0.2) is 25.7 Å². The van der Waals surface area contributed by atoms with E-state index in [-0.39, 0.29) is 29.5 Å². The Balaban J connectivity index is 0.00000169. The van der Waals surface area contributed by atoms with Crippen molar-refractivity contribution >= 4 is 48.1 Å². The smallest absolute Gasteiger partial charge is 0.268 e. The molecule has 0 N–H and O–H groups in total. The molecule has 0 aliphatic rings. The van der Waals surface area contributed by atoms with Crippen molar-refractivity contribution in [2.45, 2.75) is 0 Å². The third kappa shape index (κ3) is 2.46. The van der Waals surface area contributed by atoms with Gasteiger partial charge in [0.05, 0.1) is 26.7 Å². The van der Waals surface area contributed by atoms with Crippen molar-refractivity contribution in [3.63, 3.8) is 0 Å². The summed E-state index contributed by atoms with van der Waals surface area (Å²) in [4.78, 5) is 12.8. The van der Waals surface area contributed by atoms with E-state index < -0.39 is 0 Å². The van der Waals surface area contributed by atoms with Crippen molar-refractivity contribution in [3.05, 3.63) is 52.8 Å². The maximum atomic E-state index is 12.8. The van der Waals surface area contributed by atoms with Crippen molar-refractivity contribution in [1.82, 2.24) is 9.05 Å². The number of rotatable bonds is 1. The van der Waals surface area contributed by atoms with E-state index in [2.05, 4.69) is 51.5 Å². The van der Waals surface area contributed by atoms with E-state index in [1.165, 1.54) is 15.8 Å². The van der Waals surface area contributed by atoms with Crippen LogP contribution in [0, 0.1) is 0 Å². The first-order chi connectivity index (χ1) is 10.9. The molecule has 0 unspecified atom stereocenters. The van der Waals surface area contributed by atoms with Crippen LogP contribution in [0.3, 0.4) is 0 Å². The van der Waals surface area contributed by atoms with Crippen LogP contribution in [0.2, 0.25) is 0 Å². The summed E-state index contributed by atoms with van der Waals surface area (Å²) in [6, 6.07) is 14.7. The van der Waals surface area contributed by atoms with Gasteiger partial charge in [0.1, 0.15) is 10.4 Å². The van der Waals surface area contributed by atoms with Crippen molar-refractivity contribution < 1.29 is 24.0 Å². The van der Waals surface area contributed by atoms with Gasteiger partial charge in [-0.15, -0.1) is 11.3 Å². The number of benzene rings is 2. The fourth-order valence-corrected chi connectivity index (χ4v) is 4.35. The van der Waals surface area contributed by atoms with Crippen LogP contribution in [0.5, 0.6) is 0 Å². The molecule has 0 radical (unpaired) electrons. The number of aromatic nitrogens is 1. The van der Waals surface area contributed by atoms with Gasteiger partial charge < -0.3 is 28.5 Å². The van der Waals surface area contributed by atoms with E-state index in [0.29, 0.717) is 0 Å². The molecule has 0 spiro atoms. The molecule has 0 amide bonds. The predicted octanol–water partition coefficient (Wildman–Crippen LogP) is 1.11. The molecule has 0 atom stereocenters. The lowest BCUT2D eigenvalue weighted by atomic mass is 10.1. The number of hydrogen-bond acceptors (Lipinski definition) is 2. The largest absolute Gasteiger partial charge is 1.00 e. The number of nitrogens with zero attached hydrogens (tertiary/aromatic N) is 2. The molecule has 5 heteroatoms. The van der Waals surface area contributed by atoms with Gasteiger partial charge in [0, 0.05) is 40.0 Å². The highest BCUT2D eigenvalue weighted by Crippen LogP contribution is 2.37. The van der Waals surface area contributed by atoms with E-state index in [0.717, 1.165) is 25.5 Å². The zero-order chi connectivity index (χ0) is 16.4. The molecule has 0 fully saturated rings. The monoisotopic (exact) mass is 450 g/mol. The molecule has 0 aliphatic heterocycles. The maximum Gasteiger partial charge on any atom is 0.268 e. The van der Waals surface area contributed by atoms with E-state index in [9.17, 15) is 4.79 Å². The van der Waals surface area contributed by atoms with Crippen LogP contribution < -0.4 is 34.0 Å². The number of hydrogen-bond donors (Lipinski definition) is 0. The molecule has 0 saturated heterocycles. The molecule has 124 valence electrons. The highest BCUT2D eigenvalue weighted by molar-refractivity contribution is 7.26. The Morgan fingerprint density at radius 3 is 2.42 bits per heavy atom. The van der Waals surface area contributed by atoms with Crippen molar-refractivity contribution in [2.24, 2.45) is 7.05 Å². The highest BCUT2D eigenvalue weighted by atomic mass is 127. The second kappa shape index (κ2) is 5.82. The van der Waals surface area contributed by atoms with Crippen LogP contribution in [-0.2, 0) is 7.05 Å². The molecule has 24 heavy (non-hydrogen) atoms. The third-order valence-electron chi connectivity index (χ3n) is 4.48. The zero-order valence-electron chi connectivity index (χ0n) is 14.1. The summed E-state index contributed by atoms with van der Waals surface area (Å²) in [5.74, 6) is 0. The molecular formula is C19H19IN2OS. The van der Waals surface area contributed by atoms with Gasteiger partial charge in [0.25, 0.3) is 5.56 Å². The first kappa shape index (κ1) is 17.4. The van der Waals surface area contributed by atoms with E-state index in [1.807, 2.05) is 19.2 Å². The lowest BCUT2D eigenvalue weighted by Gasteiger charge is -2.24. The van der Waals surface area contributed by atoms with Gasteiger partial charge in [-0.3, -0.25) is 9.28 Å². The standard InChI is InChI=1S/C19H19N2OS.HI/c1-20-15-10-9-12(21(2,3)4)11-14(15)17-13-7-5-6-8-16(13)23-18(17)19(20)22;/h5-11H,1-4H3;1H/q+1;/p-1. The predicted molar refractivity (Wildman–Crippen MR) is 102 cm³/mol. The van der Waals surface area contributed by atoms with Gasteiger partial charge in [-0.1, -0.05) is 18.2 Å². The number of quaternary nitrogens is 1. The summed E-state index contributed by atoms with van der Waals surface area (Å²) in [6.07, 6.45) is 0. The minimum absolute atomic E-state index is 0. The normalized spacial score (nSPS) is 12.0. The molecule has 0 aliphatic carbocycles. The van der Waals surface area contributed by atoms with Crippen LogP contribution >= 0.6 is 11.3 Å². The summed E-state index contributed by atoms with van der Waals surface area (Å²) in [6.45, 7) is 0. The number of fused-ring (bicyclic) bond motifs is 5. The fraction of sp³-hybridized carbons (Fsp3) is 0.211. The fourth-order valence-electron chi connectivity index (χ4n) is 3.16. The first-order valence-electron chi connectivity index (χ1n) is 7.64. The van der Waals surface area contributed by atoms with Crippen LogP contribution in [0.4, 0.5) is 5.69 Å². The maximum absolute atomic E-state index is 12.8. The third-order valence-corrected chi connectivity index (χ3v) is 5.64. The molecule has 3 nitrogen and oxygen atoms in total. The quantitative estimate of drug-likeness (QED) is 0.315. The average Bonchev–Trinajstić information content (AvgIpc) is 2.91. The Labute approximate surface area is 161 Å². The number of pyridine rings is 1. The van der Waals surface area contributed by atoms with Crippen LogP contribution in [0.1, 0.15) is 0 Å². The molecule has 2 heterocycles. The van der Waals surface area contributed by atoms with Gasteiger partial charge in [0.2, 0.25) is 0 Å². The zero-order valence-corrected chi connectivity index (χ0v) is 17.1. The topological polar surface area (TPSA) is 22.0 Å².